The van der Waals surface area contributed by atoms with Crippen LogP contribution in [0.3, 0.4) is 0 Å². The van der Waals surface area contributed by atoms with Gasteiger partial charge in [-0.15, -0.1) is 0 Å². The van der Waals surface area contributed by atoms with Crippen LogP contribution >= 0.6 is 0 Å². The normalized spacial score (nSPS) is 20.0. The van der Waals surface area contributed by atoms with Crippen LogP contribution in [-0.4, -0.2) is 90.7 Å². The number of ketones is 2. The minimum Gasteiger partial charge on any atom is -0.465 e. The monoisotopic (exact) mass is 504 g/mol. The molecule has 0 aromatic heterocycles. The summed E-state index contributed by atoms with van der Waals surface area (Å²) in [5.74, 6) is -0.983. The lowest BCUT2D eigenvalue weighted by atomic mass is 9.97. The maximum absolute atomic E-state index is 12.6. The largest absolute Gasteiger partial charge is 0.465 e. The first kappa shape index (κ1) is 27.9. The fraction of sp³-hybridized carbons (Fsp3) is 0.500. The summed E-state index contributed by atoms with van der Waals surface area (Å²) < 4.78 is 38.3. The molecule has 10 heteroatoms. The van der Waals surface area contributed by atoms with Gasteiger partial charge >= 0.3 is 5.97 Å². The third kappa shape index (κ3) is 8.74. The van der Waals surface area contributed by atoms with Crippen LogP contribution in [0.5, 0.6) is 0 Å². The summed E-state index contributed by atoms with van der Waals surface area (Å²) in [7, 11) is 1.34. The van der Waals surface area contributed by atoms with Crippen molar-refractivity contribution >= 4 is 17.5 Å². The van der Waals surface area contributed by atoms with E-state index in [4.69, 9.17) is 33.2 Å². The fourth-order valence-corrected chi connectivity index (χ4v) is 3.60. The smallest absolute Gasteiger partial charge is 0.338 e. The fourth-order valence-electron chi connectivity index (χ4n) is 3.60. The summed E-state index contributed by atoms with van der Waals surface area (Å²) in [5, 5.41) is 0. The zero-order valence-electron chi connectivity index (χ0n) is 20.5. The van der Waals surface area contributed by atoms with Gasteiger partial charge in [-0.3, -0.25) is 9.59 Å². The highest BCUT2D eigenvalue weighted by Gasteiger charge is 2.22. The number of fused-ring (bicyclic) bond motifs is 4. The lowest BCUT2D eigenvalue weighted by molar-refractivity contribution is -0.116. The molecule has 0 saturated carbocycles. The van der Waals surface area contributed by atoms with Crippen molar-refractivity contribution in [1.29, 1.82) is 0 Å². The third-order valence-corrected chi connectivity index (χ3v) is 5.36. The number of carbonyl (C=O) groups excluding carboxylic acids is 3. The first-order valence-corrected chi connectivity index (χ1v) is 11.8. The van der Waals surface area contributed by atoms with Gasteiger partial charge in [-0.25, -0.2) is 4.79 Å². The van der Waals surface area contributed by atoms with Crippen LogP contribution in [-0.2, 0) is 56.0 Å². The molecule has 10 nitrogen and oxygen atoms in total. The van der Waals surface area contributed by atoms with Crippen molar-refractivity contribution in [2.24, 2.45) is 0 Å². The molecule has 0 atom stereocenters. The summed E-state index contributed by atoms with van der Waals surface area (Å²) in [6.07, 6.45) is 2.57. The van der Waals surface area contributed by atoms with Crippen LogP contribution in [0.1, 0.15) is 21.5 Å². The quantitative estimate of drug-likeness (QED) is 0.412. The summed E-state index contributed by atoms with van der Waals surface area (Å²) in [6.45, 7) is 2.80. The maximum atomic E-state index is 12.6. The molecule has 4 bridgehead atoms. The van der Waals surface area contributed by atoms with Gasteiger partial charge in [0, 0.05) is 11.1 Å². The number of rotatable bonds is 1. The van der Waals surface area contributed by atoms with Crippen molar-refractivity contribution in [2.45, 2.75) is 13.2 Å². The Kier molecular flexibility index (Phi) is 11.9. The van der Waals surface area contributed by atoms with E-state index in [0.717, 1.165) is 0 Å². The van der Waals surface area contributed by atoms with Crippen LogP contribution in [0.2, 0.25) is 0 Å². The third-order valence-electron chi connectivity index (χ3n) is 5.36. The minimum absolute atomic E-state index is 0.0114. The highest BCUT2D eigenvalue weighted by molar-refractivity contribution is 6.20. The van der Waals surface area contributed by atoms with E-state index >= 15 is 0 Å². The summed E-state index contributed by atoms with van der Waals surface area (Å²) in [5.41, 5.74) is 2.40. The molecule has 2 aliphatic rings. The number of benzene rings is 1. The molecule has 1 aromatic carbocycles. The number of hydrogen-bond donors (Lipinski definition) is 0. The zero-order chi connectivity index (χ0) is 25.6. The molecule has 1 aliphatic heterocycles. The molecule has 1 heterocycles. The van der Waals surface area contributed by atoms with Gasteiger partial charge in [0.2, 0.25) is 0 Å². The molecule has 1 aromatic rings. The van der Waals surface area contributed by atoms with E-state index in [0.29, 0.717) is 56.3 Å². The van der Waals surface area contributed by atoms with Crippen molar-refractivity contribution in [3.8, 4) is 0 Å². The van der Waals surface area contributed by atoms with Crippen LogP contribution in [0, 0.1) is 0 Å². The number of allylic oxidation sites excluding steroid dienone is 2. The van der Waals surface area contributed by atoms with Crippen LogP contribution in [0.25, 0.3) is 0 Å². The number of carbonyl (C=O) groups is 3. The first-order valence-electron chi connectivity index (χ1n) is 11.8. The van der Waals surface area contributed by atoms with E-state index in [1.807, 2.05) is 18.2 Å². The molecule has 3 rings (SSSR count). The summed E-state index contributed by atoms with van der Waals surface area (Å²) in [4.78, 5) is 36.9. The first-order chi connectivity index (χ1) is 17.6. The minimum atomic E-state index is -0.453. The van der Waals surface area contributed by atoms with Gasteiger partial charge in [0.1, 0.15) is 0 Å². The van der Waals surface area contributed by atoms with E-state index in [2.05, 4.69) is 0 Å². The molecule has 0 saturated heterocycles. The lowest BCUT2D eigenvalue weighted by Gasteiger charge is -2.15. The number of methoxy groups -OCH3 is 1. The van der Waals surface area contributed by atoms with Crippen LogP contribution in [0.15, 0.2) is 41.5 Å². The van der Waals surface area contributed by atoms with Crippen molar-refractivity contribution in [2.75, 3.05) is 73.2 Å². The Morgan fingerprint density at radius 1 is 0.667 bits per heavy atom. The maximum Gasteiger partial charge on any atom is 0.338 e. The topological polar surface area (TPSA) is 116 Å². The number of ether oxygens (including phenoxy) is 7. The van der Waals surface area contributed by atoms with Gasteiger partial charge in [-0.2, -0.15) is 0 Å². The van der Waals surface area contributed by atoms with Crippen molar-refractivity contribution in [3.63, 3.8) is 0 Å². The number of hydrogen-bond acceptors (Lipinski definition) is 10. The van der Waals surface area contributed by atoms with E-state index in [-0.39, 0.29) is 62.4 Å². The molecule has 196 valence electrons. The predicted octanol–water partition coefficient (Wildman–Crippen LogP) is 1.59. The van der Waals surface area contributed by atoms with Crippen molar-refractivity contribution < 1.29 is 47.5 Å². The average molecular weight is 505 g/mol. The van der Waals surface area contributed by atoms with Gasteiger partial charge < -0.3 is 33.2 Å². The second-order valence-corrected chi connectivity index (χ2v) is 7.95. The van der Waals surface area contributed by atoms with E-state index in [1.54, 1.807) is 0 Å². The molecule has 0 amide bonds. The zero-order valence-corrected chi connectivity index (χ0v) is 20.5. The van der Waals surface area contributed by atoms with Gasteiger partial charge in [-0.1, -0.05) is 18.2 Å². The standard InChI is InChI=1S/C26H32O10/c1-30-26(29)24-19-3-2-4-20(24)16-34-10-6-32-8-12-36-18-22-14-23(27)13-21(25(22)28)17-35-11-7-31-5-9-33-15-19/h2-4,13-14H,5-12,15-18H2,1H3. The Morgan fingerprint density at radius 2 is 1.08 bits per heavy atom. The van der Waals surface area contributed by atoms with Crippen molar-refractivity contribution in [1.82, 2.24) is 0 Å². The lowest BCUT2D eigenvalue weighted by Crippen LogP contribution is -2.22. The van der Waals surface area contributed by atoms with Crippen molar-refractivity contribution in [3.05, 3.63) is 58.2 Å². The molecule has 0 spiro atoms. The molecule has 1 aliphatic carbocycles. The molecule has 0 fully saturated rings. The highest BCUT2D eigenvalue weighted by Crippen LogP contribution is 2.19. The van der Waals surface area contributed by atoms with E-state index < -0.39 is 5.97 Å². The van der Waals surface area contributed by atoms with Gasteiger partial charge in [0.05, 0.1) is 92.0 Å². The van der Waals surface area contributed by atoms with E-state index in [1.165, 1.54) is 19.3 Å². The molecular formula is C26H32O10. The Balaban J connectivity index is 1.58. The Labute approximate surface area is 210 Å². The highest BCUT2D eigenvalue weighted by atomic mass is 16.6. The molecule has 0 unspecified atom stereocenters. The summed E-state index contributed by atoms with van der Waals surface area (Å²) >= 11 is 0. The Morgan fingerprint density at radius 3 is 1.53 bits per heavy atom. The Bertz CT molecular complexity index is 903. The second kappa shape index (κ2) is 15.4. The average Bonchev–Trinajstić information content (AvgIpc) is 2.88. The molecular weight excluding hydrogens is 472 g/mol. The SMILES string of the molecule is COC(=O)c1c2cccc1COCCOCCOCC1=CC(=O)C=C(COCCOCCOC2)C1=O. The second-order valence-electron chi connectivity index (χ2n) is 7.95. The predicted molar refractivity (Wildman–Crippen MR) is 127 cm³/mol. The van der Waals surface area contributed by atoms with E-state index in [9.17, 15) is 14.4 Å². The number of esters is 1. The van der Waals surface area contributed by atoms with Gasteiger partial charge in [0.25, 0.3) is 0 Å². The van der Waals surface area contributed by atoms with Crippen LogP contribution in [0.4, 0.5) is 0 Å². The molecule has 36 heavy (non-hydrogen) atoms. The summed E-state index contributed by atoms with van der Waals surface area (Å²) in [6, 6.07) is 5.46. The Hall–Kier alpha value is -2.73. The number of Topliss-reactive ketones (excluding diaryl/α,β-unsaturated/α-hetero) is 1. The van der Waals surface area contributed by atoms with Gasteiger partial charge in [-0.05, 0) is 23.3 Å². The molecule has 0 N–H and O–H groups in total. The van der Waals surface area contributed by atoms with Gasteiger partial charge in [0.15, 0.2) is 11.6 Å². The van der Waals surface area contributed by atoms with Crippen LogP contribution < -0.4 is 0 Å². The molecule has 0 radical (unpaired) electrons.